The van der Waals surface area contributed by atoms with E-state index < -0.39 is 5.60 Å². The summed E-state index contributed by atoms with van der Waals surface area (Å²) in [5.74, 6) is 0.634. The van der Waals surface area contributed by atoms with Gasteiger partial charge in [0.05, 0.1) is 24.2 Å². The van der Waals surface area contributed by atoms with Gasteiger partial charge in [-0.3, -0.25) is 4.79 Å². The minimum absolute atomic E-state index is 0.0195. The van der Waals surface area contributed by atoms with Gasteiger partial charge in [0.25, 0.3) is 0 Å². The zero-order valence-corrected chi connectivity index (χ0v) is 13.3. The molecule has 0 aromatic heterocycles. The van der Waals surface area contributed by atoms with Gasteiger partial charge in [0, 0.05) is 17.6 Å². The molecule has 0 aromatic carbocycles. The van der Waals surface area contributed by atoms with E-state index in [1.165, 1.54) is 0 Å². The Labute approximate surface area is 125 Å². The van der Waals surface area contributed by atoms with Crippen LogP contribution < -0.4 is 0 Å². The third-order valence-electron chi connectivity index (χ3n) is 4.41. The van der Waals surface area contributed by atoms with Gasteiger partial charge in [-0.05, 0) is 46.0 Å². The maximum atomic E-state index is 11.7. The van der Waals surface area contributed by atoms with Crippen molar-refractivity contribution in [1.82, 2.24) is 0 Å². The molecule has 1 saturated heterocycles. The van der Waals surface area contributed by atoms with E-state index in [2.05, 4.69) is 6.92 Å². The summed E-state index contributed by atoms with van der Waals surface area (Å²) >= 11 is 1.83. The van der Waals surface area contributed by atoms with Crippen LogP contribution in [0.2, 0.25) is 0 Å². The molecule has 2 aliphatic rings. The molecule has 1 N–H and O–H groups in total. The fraction of sp³-hybridized carbons (Fsp3) is 0.933. The number of aliphatic hydroxyl groups is 1. The molecule has 4 nitrogen and oxygen atoms in total. The normalized spacial score (nSPS) is 37.9. The van der Waals surface area contributed by atoms with Crippen molar-refractivity contribution in [3.05, 3.63) is 0 Å². The molecule has 1 saturated carbocycles. The van der Waals surface area contributed by atoms with Gasteiger partial charge in [-0.25, -0.2) is 0 Å². The Morgan fingerprint density at radius 1 is 1.40 bits per heavy atom. The average Bonchev–Trinajstić information content (AvgIpc) is 2.83. The van der Waals surface area contributed by atoms with E-state index in [1.807, 2.05) is 18.7 Å². The SMILES string of the molecule is CCOC(=O)C1CCC(O)(CSC2CCOC2C)CC1. The maximum Gasteiger partial charge on any atom is 0.308 e. The average molecular weight is 302 g/mol. The van der Waals surface area contributed by atoms with Crippen LogP contribution in [0, 0.1) is 5.92 Å². The van der Waals surface area contributed by atoms with E-state index in [-0.39, 0.29) is 11.9 Å². The fourth-order valence-electron chi connectivity index (χ4n) is 2.99. The maximum absolute atomic E-state index is 11.7. The van der Waals surface area contributed by atoms with E-state index in [1.54, 1.807) is 0 Å². The predicted octanol–water partition coefficient (Wildman–Crippen LogP) is 2.38. The molecule has 1 aliphatic carbocycles. The summed E-state index contributed by atoms with van der Waals surface area (Å²) in [6, 6.07) is 0. The second-order valence-electron chi connectivity index (χ2n) is 5.96. The second-order valence-corrected chi connectivity index (χ2v) is 7.19. The van der Waals surface area contributed by atoms with Gasteiger partial charge in [-0.2, -0.15) is 11.8 Å². The van der Waals surface area contributed by atoms with E-state index in [0.29, 0.717) is 30.8 Å². The molecule has 1 heterocycles. The molecule has 2 rings (SSSR count). The summed E-state index contributed by atoms with van der Waals surface area (Å²) in [7, 11) is 0. The molecule has 0 amide bonds. The molecule has 0 spiro atoms. The number of rotatable bonds is 5. The monoisotopic (exact) mass is 302 g/mol. The van der Waals surface area contributed by atoms with Gasteiger partial charge < -0.3 is 14.6 Å². The standard InChI is InChI=1S/C15H26O4S/c1-3-18-14(16)12-4-7-15(17,8-5-12)10-20-13-6-9-19-11(13)2/h11-13,17H,3-10H2,1-2H3. The topological polar surface area (TPSA) is 55.8 Å². The molecular weight excluding hydrogens is 276 g/mol. The number of esters is 1. The highest BCUT2D eigenvalue weighted by Crippen LogP contribution is 2.37. The first kappa shape index (κ1) is 16.1. The third-order valence-corrected chi connectivity index (χ3v) is 6.16. The number of ether oxygens (including phenoxy) is 2. The Hall–Kier alpha value is -0.260. The molecule has 0 aromatic rings. The van der Waals surface area contributed by atoms with Crippen molar-refractivity contribution >= 4 is 17.7 Å². The Morgan fingerprint density at radius 3 is 2.65 bits per heavy atom. The van der Waals surface area contributed by atoms with Crippen LogP contribution in [0.3, 0.4) is 0 Å². The van der Waals surface area contributed by atoms with Gasteiger partial charge in [0.1, 0.15) is 0 Å². The van der Waals surface area contributed by atoms with Crippen LogP contribution >= 0.6 is 11.8 Å². The second kappa shape index (κ2) is 7.14. The molecule has 20 heavy (non-hydrogen) atoms. The smallest absolute Gasteiger partial charge is 0.308 e. The number of thioether (sulfide) groups is 1. The molecule has 116 valence electrons. The van der Waals surface area contributed by atoms with Crippen LogP contribution in [0.15, 0.2) is 0 Å². The van der Waals surface area contributed by atoms with Gasteiger partial charge in [0.2, 0.25) is 0 Å². The molecule has 0 radical (unpaired) electrons. The molecule has 1 aliphatic heterocycles. The fourth-order valence-corrected chi connectivity index (χ4v) is 4.41. The Balaban J connectivity index is 1.75. The molecule has 2 fully saturated rings. The lowest BCUT2D eigenvalue weighted by molar-refractivity contribution is -0.150. The molecule has 2 unspecified atom stereocenters. The summed E-state index contributed by atoms with van der Waals surface area (Å²) in [6.07, 6.45) is 4.25. The van der Waals surface area contributed by atoms with Crippen LogP contribution in [0.4, 0.5) is 0 Å². The number of hydrogen-bond donors (Lipinski definition) is 1. The van der Waals surface area contributed by atoms with Crippen molar-refractivity contribution in [1.29, 1.82) is 0 Å². The lowest BCUT2D eigenvalue weighted by atomic mass is 9.80. The van der Waals surface area contributed by atoms with Gasteiger partial charge in [-0.1, -0.05) is 0 Å². The summed E-state index contributed by atoms with van der Waals surface area (Å²) < 4.78 is 10.6. The van der Waals surface area contributed by atoms with Gasteiger partial charge in [0.15, 0.2) is 0 Å². The molecular formula is C15H26O4S. The summed E-state index contributed by atoms with van der Waals surface area (Å²) in [5, 5.41) is 11.1. The minimum atomic E-state index is -0.615. The predicted molar refractivity (Wildman–Crippen MR) is 79.8 cm³/mol. The van der Waals surface area contributed by atoms with Crippen molar-refractivity contribution in [2.45, 2.75) is 62.9 Å². The first-order valence-corrected chi connectivity index (χ1v) is 8.71. The van der Waals surface area contributed by atoms with Gasteiger partial charge in [-0.15, -0.1) is 0 Å². The minimum Gasteiger partial charge on any atom is -0.466 e. The zero-order chi connectivity index (χ0) is 14.6. The highest BCUT2D eigenvalue weighted by atomic mass is 32.2. The number of hydrogen-bond acceptors (Lipinski definition) is 5. The summed E-state index contributed by atoms with van der Waals surface area (Å²) in [6.45, 7) is 5.21. The first-order valence-electron chi connectivity index (χ1n) is 7.66. The van der Waals surface area contributed by atoms with Crippen LogP contribution in [0.1, 0.15) is 46.0 Å². The molecule has 2 atom stereocenters. The van der Waals surface area contributed by atoms with Crippen molar-refractivity contribution in [3.63, 3.8) is 0 Å². The lowest BCUT2D eigenvalue weighted by Gasteiger charge is -2.35. The highest BCUT2D eigenvalue weighted by molar-refractivity contribution is 8.00. The van der Waals surface area contributed by atoms with E-state index in [4.69, 9.17) is 9.47 Å². The van der Waals surface area contributed by atoms with Crippen LogP contribution in [-0.4, -0.2) is 47.0 Å². The quantitative estimate of drug-likeness (QED) is 0.790. The molecule has 5 heteroatoms. The van der Waals surface area contributed by atoms with Crippen LogP contribution in [0.5, 0.6) is 0 Å². The highest BCUT2D eigenvalue weighted by Gasteiger charge is 2.37. The van der Waals surface area contributed by atoms with Crippen molar-refractivity contribution < 1.29 is 19.4 Å². The lowest BCUT2D eigenvalue weighted by Crippen LogP contribution is -2.39. The number of carbonyl (C=O) groups is 1. The number of carbonyl (C=O) groups excluding carboxylic acids is 1. The van der Waals surface area contributed by atoms with Crippen molar-refractivity contribution in [2.75, 3.05) is 19.0 Å². The largest absolute Gasteiger partial charge is 0.466 e. The van der Waals surface area contributed by atoms with E-state index in [0.717, 1.165) is 31.6 Å². The Bertz CT molecular complexity index is 326. The van der Waals surface area contributed by atoms with Crippen LogP contribution in [0.25, 0.3) is 0 Å². The van der Waals surface area contributed by atoms with Crippen molar-refractivity contribution in [2.24, 2.45) is 5.92 Å². The summed E-state index contributed by atoms with van der Waals surface area (Å²) in [5.41, 5.74) is -0.615. The first-order chi connectivity index (χ1) is 9.54. The zero-order valence-electron chi connectivity index (χ0n) is 12.5. The van der Waals surface area contributed by atoms with Crippen LogP contribution in [-0.2, 0) is 14.3 Å². The van der Waals surface area contributed by atoms with Crippen molar-refractivity contribution in [3.8, 4) is 0 Å². The third kappa shape index (κ3) is 4.12. The summed E-state index contributed by atoms with van der Waals surface area (Å²) in [4.78, 5) is 11.7. The van der Waals surface area contributed by atoms with E-state index in [9.17, 15) is 9.90 Å². The molecule has 0 bridgehead atoms. The Morgan fingerprint density at radius 2 is 2.10 bits per heavy atom. The van der Waals surface area contributed by atoms with E-state index >= 15 is 0 Å². The Kier molecular flexibility index (Phi) is 5.75. The van der Waals surface area contributed by atoms with Gasteiger partial charge >= 0.3 is 5.97 Å².